The van der Waals surface area contributed by atoms with Gasteiger partial charge in [-0.2, -0.15) is 4.98 Å². The van der Waals surface area contributed by atoms with Crippen molar-refractivity contribution in [3.8, 4) is 0 Å². The van der Waals surface area contributed by atoms with Gasteiger partial charge in [-0.1, -0.05) is 18.2 Å². The average Bonchev–Trinajstić information content (AvgIpc) is 3.01. The van der Waals surface area contributed by atoms with Gasteiger partial charge in [0.2, 0.25) is 5.82 Å². The molecule has 8 heteroatoms. The highest BCUT2D eigenvalue weighted by atomic mass is 32.2. The van der Waals surface area contributed by atoms with E-state index in [1.54, 1.807) is 24.4 Å². The molecule has 3 aromatic rings. The Labute approximate surface area is 135 Å². The van der Waals surface area contributed by atoms with Gasteiger partial charge in [-0.3, -0.25) is 9.00 Å². The van der Waals surface area contributed by atoms with Crippen LogP contribution >= 0.6 is 0 Å². The molecule has 118 valence electrons. The first-order chi connectivity index (χ1) is 11.1. The molecular weight excluding hydrogens is 314 g/mol. The van der Waals surface area contributed by atoms with Crippen molar-refractivity contribution in [3.63, 3.8) is 0 Å². The van der Waals surface area contributed by atoms with Gasteiger partial charge in [0.25, 0.3) is 11.7 Å². The summed E-state index contributed by atoms with van der Waals surface area (Å²) in [7, 11) is -1.15. The van der Waals surface area contributed by atoms with Crippen molar-refractivity contribution < 1.29 is 9.00 Å². The first kappa shape index (κ1) is 15.3. The van der Waals surface area contributed by atoms with Gasteiger partial charge < -0.3 is 5.32 Å². The van der Waals surface area contributed by atoms with Gasteiger partial charge >= 0.3 is 0 Å². The summed E-state index contributed by atoms with van der Waals surface area (Å²) >= 11 is 0. The summed E-state index contributed by atoms with van der Waals surface area (Å²) in [6.07, 6.45) is 1.62. The zero-order valence-electron chi connectivity index (χ0n) is 12.5. The number of benzene rings is 1. The number of nitrogens with one attached hydrogen (secondary N) is 1. The average molecular weight is 329 g/mol. The third-order valence-electron chi connectivity index (χ3n) is 3.21. The first-order valence-corrected chi connectivity index (χ1v) is 8.37. The summed E-state index contributed by atoms with van der Waals surface area (Å²) in [5, 5.41) is 6.81. The number of hydrogen-bond acceptors (Lipinski definition) is 5. The summed E-state index contributed by atoms with van der Waals surface area (Å²) in [6, 6.07) is 10.9. The molecule has 1 atom stereocenters. The van der Waals surface area contributed by atoms with E-state index < -0.39 is 16.7 Å². The van der Waals surface area contributed by atoms with Crippen LogP contribution in [0.3, 0.4) is 0 Å². The predicted molar refractivity (Wildman–Crippen MR) is 85.6 cm³/mol. The highest BCUT2D eigenvalue weighted by Gasteiger charge is 2.14. The van der Waals surface area contributed by atoms with E-state index in [1.807, 2.05) is 25.1 Å². The maximum Gasteiger partial charge on any atom is 0.291 e. The molecule has 1 amide bonds. The number of fused-ring (bicyclic) bond motifs is 1. The molecule has 1 N–H and O–H groups in total. The van der Waals surface area contributed by atoms with E-state index in [9.17, 15) is 9.00 Å². The minimum absolute atomic E-state index is 0.0530. The lowest BCUT2D eigenvalue weighted by Crippen LogP contribution is -2.28. The zero-order valence-corrected chi connectivity index (χ0v) is 13.3. The topological polar surface area (TPSA) is 89.2 Å². The van der Waals surface area contributed by atoms with Crippen LogP contribution in [-0.2, 0) is 10.8 Å². The van der Waals surface area contributed by atoms with Crippen LogP contribution in [-0.4, -0.2) is 42.0 Å². The summed E-state index contributed by atoms with van der Waals surface area (Å²) in [5.41, 5.74) is 0.840. The van der Waals surface area contributed by atoms with Gasteiger partial charge in [-0.25, -0.2) is 9.50 Å². The number of aromatic nitrogens is 4. The Morgan fingerprint density at radius 2 is 2.04 bits per heavy atom. The molecule has 0 aliphatic rings. The van der Waals surface area contributed by atoms with E-state index in [-0.39, 0.29) is 12.4 Å². The summed E-state index contributed by atoms with van der Waals surface area (Å²) in [5.74, 6) is 0.362. The first-order valence-electron chi connectivity index (χ1n) is 7.05. The Balaban J connectivity index is 1.61. The van der Waals surface area contributed by atoms with Crippen molar-refractivity contribution in [1.82, 2.24) is 24.9 Å². The van der Waals surface area contributed by atoms with Crippen LogP contribution in [0.1, 0.15) is 16.3 Å². The molecule has 0 aliphatic heterocycles. The SMILES string of the molecule is Cc1ccnc2nc(C(=O)NCC[S@](=O)c3ccccc3)nn12. The van der Waals surface area contributed by atoms with Crippen molar-refractivity contribution >= 4 is 22.5 Å². The van der Waals surface area contributed by atoms with Crippen LogP contribution in [0.15, 0.2) is 47.5 Å². The molecule has 1 aromatic carbocycles. The quantitative estimate of drug-likeness (QED) is 0.753. The second kappa shape index (κ2) is 6.66. The Morgan fingerprint density at radius 3 is 2.78 bits per heavy atom. The van der Waals surface area contributed by atoms with E-state index >= 15 is 0 Å². The van der Waals surface area contributed by atoms with Crippen molar-refractivity contribution in [2.45, 2.75) is 11.8 Å². The molecule has 0 unspecified atom stereocenters. The van der Waals surface area contributed by atoms with Crippen molar-refractivity contribution in [2.75, 3.05) is 12.3 Å². The van der Waals surface area contributed by atoms with Crippen LogP contribution in [0.5, 0.6) is 0 Å². The largest absolute Gasteiger partial charge is 0.348 e. The summed E-state index contributed by atoms with van der Waals surface area (Å²) in [4.78, 5) is 20.9. The lowest BCUT2D eigenvalue weighted by Gasteiger charge is -2.03. The van der Waals surface area contributed by atoms with Crippen molar-refractivity contribution in [2.24, 2.45) is 0 Å². The van der Waals surface area contributed by atoms with Crippen LogP contribution in [0.25, 0.3) is 5.78 Å². The number of nitrogens with zero attached hydrogens (tertiary/aromatic N) is 4. The van der Waals surface area contributed by atoms with Gasteiger partial charge in [0.05, 0.1) is 10.8 Å². The smallest absolute Gasteiger partial charge is 0.291 e. The Kier molecular flexibility index (Phi) is 4.42. The number of rotatable bonds is 5. The third-order valence-corrected chi connectivity index (χ3v) is 4.58. The van der Waals surface area contributed by atoms with Gasteiger partial charge in [0, 0.05) is 29.1 Å². The Bertz CT molecular complexity index is 863. The van der Waals surface area contributed by atoms with Crippen LogP contribution in [0.4, 0.5) is 0 Å². The minimum atomic E-state index is -1.15. The fourth-order valence-corrected chi connectivity index (χ4v) is 3.01. The summed E-state index contributed by atoms with van der Waals surface area (Å²) < 4.78 is 13.6. The molecule has 0 radical (unpaired) electrons. The molecule has 0 aliphatic carbocycles. The molecule has 0 bridgehead atoms. The van der Waals surface area contributed by atoms with Crippen molar-refractivity contribution in [3.05, 3.63) is 54.1 Å². The fraction of sp³-hybridized carbons (Fsp3) is 0.200. The predicted octanol–water partition coefficient (Wildman–Crippen LogP) is 0.970. The van der Waals surface area contributed by atoms with E-state index in [1.165, 1.54) is 4.52 Å². The molecule has 23 heavy (non-hydrogen) atoms. The molecule has 0 fully saturated rings. The molecule has 0 saturated carbocycles. The van der Waals surface area contributed by atoms with E-state index in [2.05, 4.69) is 20.4 Å². The van der Waals surface area contributed by atoms with Gasteiger partial charge in [-0.15, -0.1) is 5.10 Å². The monoisotopic (exact) mass is 329 g/mol. The van der Waals surface area contributed by atoms with E-state index in [4.69, 9.17) is 0 Å². The molecular formula is C15H15N5O2S. The van der Waals surface area contributed by atoms with Crippen molar-refractivity contribution in [1.29, 1.82) is 0 Å². The molecule has 3 rings (SSSR count). The maximum absolute atomic E-state index is 12.1. The van der Waals surface area contributed by atoms with E-state index in [0.29, 0.717) is 11.5 Å². The minimum Gasteiger partial charge on any atom is -0.348 e. The molecule has 0 spiro atoms. The Morgan fingerprint density at radius 1 is 1.26 bits per heavy atom. The highest BCUT2D eigenvalue weighted by molar-refractivity contribution is 7.85. The third kappa shape index (κ3) is 3.42. The van der Waals surface area contributed by atoms with E-state index in [0.717, 1.165) is 10.6 Å². The zero-order chi connectivity index (χ0) is 16.2. The normalized spacial score (nSPS) is 12.2. The molecule has 2 aromatic heterocycles. The summed E-state index contributed by atoms with van der Waals surface area (Å²) in [6.45, 7) is 2.14. The second-order valence-electron chi connectivity index (χ2n) is 4.85. The van der Waals surface area contributed by atoms with Gasteiger partial charge in [0.1, 0.15) is 0 Å². The lowest BCUT2D eigenvalue weighted by molar-refractivity contribution is 0.0946. The fourth-order valence-electron chi connectivity index (χ4n) is 2.03. The number of aryl methyl sites for hydroxylation is 1. The Hall–Kier alpha value is -2.61. The standard InChI is InChI=1S/C15H15N5O2S/c1-11-7-8-17-15-18-13(19-20(11)15)14(21)16-9-10-23(22)12-5-3-2-4-6-12/h2-8H,9-10H2,1H3,(H,16,21)/t23-/m0/s1. The number of hydrogen-bond donors (Lipinski definition) is 1. The van der Waals surface area contributed by atoms with Crippen LogP contribution < -0.4 is 5.32 Å². The molecule has 2 heterocycles. The van der Waals surface area contributed by atoms with Gasteiger partial charge in [0.15, 0.2) is 0 Å². The van der Waals surface area contributed by atoms with Crippen LogP contribution in [0, 0.1) is 6.92 Å². The second-order valence-corrected chi connectivity index (χ2v) is 6.42. The molecule has 7 nitrogen and oxygen atoms in total. The number of amides is 1. The van der Waals surface area contributed by atoms with Gasteiger partial charge in [-0.05, 0) is 25.1 Å². The molecule has 0 saturated heterocycles. The highest BCUT2D eigenvalue weighted by Crippen LogP contribution is 2.05. The van der Waals surface area contributed by atoms with Crippen LogP contribution in [0.2, 0.25) is 0 Å². The number of carbonyl (C=O) groups is 1. The number of carbonyl (C=O) groups excluding carboxylic acids is 1. The maximum atomic E-state index is 12.1. The lowest BCUT2D eigenvalue weighted by atomic mass is 10.4.